The fourth-order valence-corrected chi connectivity index (χ4v) is 6.75. The summed E-state index contributed by atoms with van der Waals surface area (Å²) in [5.74, 6) is -1.02. The Morgan fingerprint density at radius 1 is 0.694 bits per heavy atom. The van der Waals surface area contributed by atoms with Gasteiger partial charge in [-0.25, -0.2) is 9.97 Å². The number of aromatic nitrogens is 4. The second kappa shape index (κ2) is 21.6. The summed E-state index contributed by atoms with van der Waals surface area (Å²) in [6.07, 6.45) is 3.02. The summed E-state index contributed by atoms with van der Waals surface area (Å²) in [5.41, 5.74) is 0.889. The van der Waals surface area contributed by atoms with Crippen LogP contribution in [-0.2, 0) is 35.8 Å². The normalized spacial score (nSPS) is 13.3. The summed E-state index contributed by atoms with van der Waals surface area (Å²) in [7, 11) is 0. The van der Waals surface area contributed by atoms with Crippen molar-refractivity contribution in [2.45, 2.75) is 40.0 Å². The number of nitrogens with one attached hydrogen (secondary N) is 3. The Hall–Kier alpha value is -6.13. The highest BCUT2D eigenvalue weighted by atomic mass is 35.5. The van der Waals surface area contributed by atoms with E-state index in [0.29, 0.717) is 45.5 Å². The van der Waals surface area contributed by atoms with E-state index >= 15 is 0 Å². The van der Waals surface area contributed by atoms with Crippen LogP contribution in [0.25, 0.3) is 22.1 Å². The number of carbonyl (C=O) groups is 4. The zero-order chi connectivity index (χ0) is 43.6. The number of nitrogens with zero attached hydrogens (tertiary/aromatic N) is 5. The van der Waals surface area contributed by atoms with Gasteiger partial charge < -0.3 is 26.0 Å². The highest BCUT2D eigenvalue weighted by Crippen LogP contribution is 2.17. The summed E-state index contributed by atoms with van der Waals surface area (Å²) in [4.78, 5) is 84.6. The summed E-state index contributed by atoms with van der Waals surface area (Å²) >= 11 is 11.7. The molecule has 2 aliphatic heterocycles. The monoisotopic (exact) mass is 902 g/mol. The number of fused-ring (bicyclic) bond motifs is 2. The van der Waals surface area contributed by atoms with Gasteiger partial charge in [-0.05, 0) is 96.7 Å². The quantitative estimate of drug-likeness (QED) is 0.142. The number of carboxylic acid groups (broad SMARTS) is 1. The van der Waals surface area contributed by atoms with Crippen molar-refractivity contribution in [3.63, 3.8) is 0 Å². The summed E-state index contributed by atoms with van der Waals surface area (Å²) in [5, 5.41) is 20.0. The summed E-state index contributed by atoms with van der Waals surface area (Å²) < 4.78 is 2.27. The van der Waals surface area contributed by atoms with E-state index in [4.69, 9.17) is 28.3 Å². The molecule has 0 saturated carbocycles. The number of amides is 3. The highest BCUT2D eigenvalue weighted by molar-refractivity contribution is 6.30. The number of carbonyl (C=O) groups excluding carboxylic acids is 3. The van der Waals surface area contributed by atoms with Crippen LogP contribution in [0.3, 0.4) is 0 Å². The molecule has 0 unspecified atom stereocenters. The molecule has 15 nitrogen and oxygen atoms in total. The Balaban J connectivity index is 0.000000209. The van der Waals surface area contributed by atoms with Gasteiger partial charge in [0, 0.05) is 59.4 Å². The second-order valence-corrected chi connectivity index (χ2v) is 15.8. The lowest BCUT2D eigenvalue weighted by Crippen LogP contribution is -2.50. The number of benzene rings is 2. The molecule has 4 aromatic heterocycles. The number of hydrogen-bond acceptors (Lipinski definition) is 9. The molecule has 0 aliphatic carbocycles. The molecule has 0 spiro atoms. The average Bonchev–Trinajstić information content (AvgIpc) is 3.23. The van der Waals surface area contributed by atoms with E-state index in [-0.39, 0.29) is 54.7 Å². The standard InChI is InChI=1S/C22H21ClN4O3.C18H14ClN3O4.C4H9N.ClH/c1-14-11-26(12-14)19(28)13-27-20-16(3-2-8-24-20)9-18(22(27)30)21(29)25-10-15-4-6-17(23)7-5-15;19-13-5-3-11(4-6-13)9-21-17(25)14-8-12-2-1-7-20-16(12)22(18(14)26)10-15(23)24;1-4-2-5-3-4;/h2-9,14H,10-13H2,1H3,(H,25,29);1-8H,9-10H2,(H,21,25)(H,23,24);4-5H,2-3H2,1H3;1H. The van der Waals surface area contributed by atoms with Crippen molar-refractivity contribution >= 4 is 81.4 Å². The van der Waals surface area contributed by atoms with Crippen LogP contribution in [0.4, 0.5) is 0 Å². The lowest BCUT2D eigenvalue weighted by atomic mass is 10.0. The highest BCUT2D eigenvalue weighted by Gasteiger charge is 2.28. The predicted octanol–water partition coefficient (Wildman–Crippen LogP) is 5.17. The van der Waals surface area contributed by atoms with Gasteiger partial charge in [0.25, 0.3) is 22.9 Å². The minimum Gasteiger partial charge on any atom is -0.480 e. The van der Waals surface area contributed by atoms with Gasteiger partial charge in [0.1, 0.15) is 35.5 Å². The molecule has 0 bridgehead atoms. The van der Waals surface area contributed by atoms with Crippen molar-refractivity contribution in [1.29, 1.82) is 0 Å². The Morgan fingerprint density at radius 3 is 1.48 bits per heavy atom. The topological polar surface area (TPSA) is 198 Å². The van der Waals surface area contributed by atoms with Gasteiger partial charge >= 0.3 is 5.97 Å². The number of aliphatic carboxylic acids is 1. The van der Waals surface area contributed by atoms with Crippen molar-refractivity contribution in [3.05, 3.63) is 150 Å². The van der Waals surface area contributed by atoms with E-state index in [2.05, 4.69) is 39.8 Å². The van der Waals surface area contributed by atoms with E-state index < -0.39 is 35.4 Å². The van der Waals surface area contributed by atoms with Crippen LogP contribution >= 0.6 is 35.6 Å². The van der Waals surface area contributed by atoms with Gasteiger partial charge in [-0.1, -0.05) is 61.3 Å². The van der Waals surface area contributed by atoms with Gasteiger partial charge in [-0.2, -0.15) is 0 Å². The SMILES string of the molecule is CC1CN(C(=O)Cn2c(=O)c(C(=O)NCc3ccc(Cl)cc3)cc3cccnc32)C1.CC1CNC1.Cl.O=C(O)Cn1c(=O)c(C(=O)NCc2ccc(Cl)cc2)cc2cccnc21. The molecule has 6 heterocycles. The summed E-state index contributed by atoms with van der Waals surface area (Å²) in [6.45, 7) is 7.89. The molecular weight excluding hydrogens is 859 g/mol. The number of rotatable bonds is 10. The molecule has 2 fully saturated rings. The van der Waals surface area contributed by atoms with Gasteiger partial charge in [-0.15, -0.1) is 12.4 Å². The number of likely N-dealkylation sites (tertiary alicyclic amines) is 1. The first-order valence-corrected chi connectivity index (χ1v) is 20.3. The second-order valence-electron chi connectivity index (χ2n) is 14.9. The smallest absolute Gasteiger partial charge is 0.323 e. The molecule has 6 aromatic rings. The average molecular weight is 904 g/mol. The molecule has 4 N–H and O–H groups in total. The van der Waals surface area contributed by atoms with Crippen molar-refractivity contribution in [1.82, 2.24) is 40.0 Å². The van der Waals surface area contributed by atoms with Crippen LogP contribution in [0.2, 0.25) is 10.0 Å². The molecule has 324 valence electrons. The number of hydrogen-bond donors (Lipinski definition) is 4. The lowest BCUT2D eigenvalue weighted by Gasteiger charge is -2.37. The van der Waals surface area contributed by atoms with Crippen LogP contribution in [0.1, 0.15) is 45.7 Å². The molecule has 3 amide bonds. The maximum atomic E-state index is 13.1. The fourth-order valence-electron chi connectivity index (χ4n) is 6.50. The van der Waals surface area contributed by atoms with E-state index in [9.17, 15) is 28.8 Å². The third kappa shape index (κ3) is 12.0. The lowest BCUT2D eigenvalue weighted by molar-refractivity contribution is -0.138. The molecule has 2 aromatic carbocycles. The molecule has 0 radical (unpaired) electrons. The van der Waals surface area contributed by atoms with E-state index in [0.717, 1.165) is 21.6 Å². The molecule has 2 saturated heterocycles. The van der Waals surface area contributed by atoms with E-state index in [1.165, 1.54) is 36.0 Å². The Labute approximate surface area is 372 Å². The van der Waals surface area contributed by atoms with E-state index in [1.54, 1.807) is 83.9 Å². The third-order valence-corrected chi connectivity index (χ3v) is 10.4. The van der Waals surface area contributed by atoms with Crippen LogP contribution in [0.5, 0.6) is 0 Å². The first-order valence-electron chi connectivity index (χ1n) is 19.5. The zero-order valence-electron chi connectivity index (χ0n) is 33.8. The van der Waals surface area contributed by atoms with Crippen molar-refractivity contribution in [3.8, 4) is 0 Å². The van der Waals surface area contributed by atoms with Gasteiger partial charge in [0.2, 0.25) is 5.91 Å². The number of pyridine rings is 4. The predicted molar refractivity (Wildman–Crippen MR) is 240 cm³/mol. The molecule has 62 heavy (non-hydrogen) atoms. The molecular formula is C44H45Cl3N8O7. The Bertz CT molecular complexity index is 2680. The maximum Gasteiger partial charge on any atom is 0.323 e. The van der Waals surface area contributed by atoms with Crippen molar-refractivity contribution in [2.75, 3.05) is 26.2 Å². The third-order valence-electron chi connectivity index (χ3n) is 9.91. The number of halogens is 3. The molecule has 18 heteroatoms. The van der Waals surface area contributed by atoms with Crippen LogP contribution in [0, 0.1) is 11.8 Å². The van der Waals surface area contributed by atoms with Gasteiger partial charge in [0.15, 0.2) is 0 Å². The zero-order valence-corrected chi connectivity index (χ0v) is 36.2. The Morgan fingerprint density at radius 2 is 1.11 bits per heavy atom. The largest absolute Gasteiger partial charge is 0.480 e. The van der Waals surface area contributed by atoms with E-state index in [1.807, 2.05) is 0 Å². The van der Waals surface area contributed by atoms with Crippen LogP contribution in [0.15, 0.2) is 107 Å². The Kier molecular flexibility index (Phi) is 16.3. The molecule has 8 rings (SSSR count). The van der Waals surface area contributed by atoms with Gasteiger partial charge in [0.05, 0.1) is 0 Å². The molecule has 2 aliphatic rings. The maximum absolute atomic E-state index is 13.1. The minimum atomic E-state index is -1.20. The molecule has 0 atom stereocenters. The summed E-state index contributed by atoms with van der Waals surface area (Å²) in [6, 6.07) is 23.7. The first-order chi connectivity index (χ1) is 29.3. The van der Waals surface area contributed by atoms with Crippen LogP contribution < -0.4 is 27.1 Å². The minimum absolute atomic E-state index is 0. The fraction of sp³-hybridized carbons (Fsp3) is 0.273. The van der Waals surface area contributed by atoms with Crippen molar-refractivity contribution < 1.29 is 24.3 Å². The van der Waals surface area contributed by atoms with Crippen LogP contribution in [-0.4, -0.2) is 79.0 Å². The number of carboxylic acids is 1. The van der Waals surface area contributed by atoms with Crippen molar-refractivity contribution in [2.24, 2.45) is 11.8 Å². The first kappa shape index (κ1) is 46.9. The van der Waals surface area contributed by atoms with Gasteiger partial charge in [-0.3, -0.25) is 37.9 Å².